The van der Waals surface area contributed by atoms with Gasteiger partial charge in [0.15, 0.2) is 0 Å². The third kappa shape index (κ3) is 3.42. The molecule has 0 spiro atoms. The number of nitrogens with zero attached hydrogens (tertiary/aromatic N) is 2. The lowest BCUT2D eigenvalue weighted by Gasteiger charge is -2.41. The number of esters is 1. The summed E-state index contributed by atoms with van der Waals surface area (Å²) in [5.74, 6) is -1.16. The molecule has 0 amide bonds. The lowest BCUT2D eigenvalue weighted by atomic mass is 9.80. The summed E-state index contributed by atoms with van der Waals surface area (Å²) in [5, 5.41) is 1.35. The molecule has 1 aromatic heterocycles. The van der Waals surface area contributed by atoms with Crippen LogP contribution in [-0.4, -0.2) is 48.0 Å². The standard InChI is InChI=1S/C26H34N2O3/c1-17(2)28-16-18-14-23-21(20-9-8-10-22(28)24(18)20)13-19(15-27(23)3)25(29)31-26(30-4)11-6-5-7-12-26/h8-10,13,16-17,19,23H,5-7,11-12,14-15H2,1-4H3/t19-,23-/m1/s1. The number of hydrogen-bond donors (Lipinski definition) is 0. The summed E-state index contributed by atoms with van der Waals surface area (Å²) in [6.45, 7) is 5.15. The first-order chi connectivity index (χ1) is 14.9. The summed E-state index contributed by atoms with van der Waals surface area (Å²) < 4.78 is 14.1. The molecule has 0 unspecified atom stereocenters. The van der Waals surface area contributed by atoms with Crippen molar-refractivity contribution >= 4 is 22.4 Å². The van der Waals surface area contributed by atoms with Crippen LogP contribution in [-0.2, 0) is 20.7 Å². The Morgan fingerprint density at radius 1 is 1.19 bits per heavy atom. The van der Waals surface area contributed by atoms with E-state index in [1.807, 2.05) is 0 Å². The second-order valence-electron chi connectivity index (χ2n) is 9.84. The molecule has 5 rings (SSSR count). The third-order valence-corrected chi connectivity index (χ3v) is 7.55. The van der Waals surface area contributed by atoms with Gasteiger partial charge in [0.1, 0.15) is 0 Å². The molecule has 5 nitrogen and oxygen atoms in total. The van der Waals surface area contributed by atoms with Crippen LogP contribution in [0.25, 0.3) is 16.5 Å². The lowest BCUT2D eigenvalue weighted by molar-refractivity contribution is -0.235. The monoisotopic (exact) mass is 422 g/mol. The van der Waals surface area contributed by atoms with Crippen LogP contribution in [0.4, 0.5) is 0 Å². The molecule has 31 heavy (non-hydrogen) atoms. The van der Waals surface area contributed by atoms with E-state index < -0.39 is 5.79 Å². The van der Waals surface area contributed by atoms with Crippen molar-refractivity contribution in [3.8, 4) is 0 Å². The van der Waals surface area contributed by atoms with Gasteiger partial charge in [-0.15, -0.1) is 0 Å². The van der Waals surface area contributed by atoms with Gasteiger partial charge in [-0.05, 0) is 62.9 Å². The Bertz CT molecular complexity index is 1030. The van der Waals surface area contributed by atoms with Gasteiger partial charge in [0, 0.05) is 55.7 Å². The van der Waals surface area contributed by atoms with Crippen LogP contribution in [0.1, 0.15) is 63.1 Å². The topological polar surface area (TPSA) is 43.7 Å². The molecule has 166 valence electrons. The number of likely N-dealkylation sites (N-methyl/N-ethyl adjacent to an activating group) is 1. The third-order valence-electron chi connectivity index (χ3n) is 7.55. The summed E-state index contributed by atoms with van der Waals surface area (Å²) in [5.41, 5.74) is 5.24. The van der Waals surface area contributed by atoms with Crippen LogP contribution in [0.2, 0.25) is 0 Å². The smallest absolute Gasteiger partial charge is 0.316 e. The molecule has 0 N–H and O–H groups in total. The highest BCUT2D eigenvalue weighted by atomic mass is 16.7. The Labute approximate surface area is 185 Å². The molecule has 1 aliphatic heterocycles. The molecular formula is C26H34N2O3. The Kier molecular flexibility index (Phi) is 5.22. The van der Waals surface area contributed by atoms with E-state index in [1.165, 1.54) is 34.0 Å². The van der Waals surface area contributed by atoms with Crippen molar-refractivity contribution in [2.24, 2.45) is 5.92 Å². The molecule has 1 saturated carbocycles. The van der Waals surface area contributed by atoms with Crippen molar-refractivity contribution in [3.05, 3.63) is 41.6 Å². The minimum atomic E-state index is -0.739. The van der Waals surface area contributed by atoms with E-state index in [0.717, 1.165) is 32.1 Å². The first-order valence-electron chi connectivity index (χ1n) is 11.8. The van der Waals surface area contributed by atoms with Gasteiger partial charge in [0.05, 0.1) is 5.92 Å². The first kappa shape index (κ1) is 20.8. The number of carbonyl (C=O) groups excluding carboxylic acids is 1. The molecule has 2 aromatic rings. The molecule has 3 aliphatic rings. The summed E-state index contributed by atoms with van der Waals surface area (Å²) in [6.07, 6.45) is 10.4. The molecule has 0 radical (unpaired) electrons. The maximum Gasteiger partial charge on any atom is 0.316 e. The summed E-state index contributed by atoms with van der Waals surface area (Å²) >= 11 is 0. The highest BCUT2D eigenvalue weighted by Crippen LogP contribution is 2.43. The van der Waals surface area contributed by atoms with Gasteiger partial charge in [-0.2, -0.15) is 0 Å². The average Bonchev–Trinajstić information content (AvgIpc) is 3.15. The second-order valence-corrected chi connectivity index (χ2v) is 9.84. The number of ether oxygens (including phenoxy) is 2. The van der Waals surface area contributed by atoms with Crippen LogP contribution < -0.4 is 0 Å². The van der Waals surface area contributed by atoms with Crippen molar-refractivity contribution in [1.29, 1.82) is 0 Å². The molecule has 1 fully saturated rings. The Morgan fingerprint density at radius 3 is 2.68 bits per heavy atom. The number of rotatable bonds is 4. The van der Waals surface area contributed by atoms with Crippen LogP contribution >= 0.6 is 0 Å². The van der Waals surface area contributed by atoms with Crippen molar-refractivity contribution < 1.29 is 14.3 Å². The largest absolute Gasteiger partial charge is 0.433 e. The molecule has 0 bridgehead atoms. The molecule has 2 atom stereocenters. The summed E-state index contributed by atoms with van der Waals surface area (Å²) in [7, 11) is 3.80. The quantitative estimate of drug-likeness (QED) is 0.517. The highest BCUT2D eigenvalue weighted by molar-refractivity contribution is 5.99. The Morgan fingerprint density at radius 2 is 1.97 bits per heavy atom. The predicted octanol–water partition coefficient (Wildman–Crippen LogP) is 4.94. The van der Waals surface area contributed by atoms with Gasteiger partial charge in [0.2, 0.25) is 5.79 Å². The Balaban J connectivity index is 1.51. The molecule has 1 aromatic carbocycles. The first-order valence-corrected chi connectivity index (χ1v) is 11.8. The van der Waals surface area contributed by atoms with Crippen molar-refractivity contribution in [1.82, 2.24) is 9.47 Å². The molecule has 2 heterocycles. The van der Waals surface area contributed by atoms with Gasteiger partial charge in [-0.3, -0.25) is 9.69 Å². The predicted molar refractivity (Wildman–Crippen MR) is 123 cm³/mol. The second kappa shape index (κ2) is 7.79. The van der Waals surface area contributed by atoms with E-state index in [0.29, 0.717) is 18.6 Å². The van der Waals surface area contributed by atoms with E-state index in [4.69, 9.17) is 9.47 Å². The van der Waals surface area contributed by atoms with E-state index in [9.17, 15) is 4.79 Å². The normalized spacial score (nSPS) is 25.4. The van der Waals surface area contributed by atoms with Crippen LogP contribution in [0, 0.1) is 5.92 Å². The summed E-state index contributed by atoms with van der Waals surface area (Å²) in [4.78, 5) is 15.6. The zero-order chi connectivity index (χ0) is 21.8. The SMILES string of the molecule is COC1(OC(=O)[C@@H]2C=C3c4cccc5c4c(cn5C(C)C)C[C@H]3N(C)C2)CCCCC1. The molecule has 5 heteroatoms. The van der Waals surface area contributed by atoms with Gasteiger partial charge in [-0.1, -0.05) is 24.6 Å². The Hall–Kier alpha value is -2.11. The molecular weight excluding hydrogens is 388 g/mol. The van der Waals surface area contributed by atoms with Gasteiger partial charge in [0.25, 0.3) is 0 Å². The van der Waals surface area contributed by atoms with Crippen molar-refractivity contribution in [3.63, 3.8) is 0 Å². The van der Waals surface area contributed by atoms with Crippen molar-refractivity contribution in [2.45, 2.75) is 70.2 Å². The zero-order valence-corrected chi connectivity index (χ0v) is 19.2. The van der Waals surface area contributed by atoms with E-state index >= 15 is 0 Å². The number of fused-ring (bicyclic) bond motifs is 2. The average molecular weight is 423 g/mol. The number of benzene rings is 1. The van der Waals surface area contributed by atoms with Crippen LogP contribution in [0.3, 0.4) is 0 Å². The van der Waals surface area contributed by atoms with E-state index in [1.54, 1.807) is 7.11 Å². The summed E-state index contributed by atoms with van der Waals surface area (Å²) in [6, 6.07) is 7.30. The fraction of sp³-hybridized carbons (Fsp3) is 0.577. The van der Waals surface area contributed by atoms with Crippen molar-refractivity contribution in [2.75, 3.05) is 20.7 Å². The van der Waals surface area contributed by atoms with Gasteiger partial charge in [-0.25, -0.2) is 0 Å². The van der Waals surface area contributed by atoms with Crippen LogP contribution in [0.15, 0.2) is 30.5 Å². The minimum Gasteiger partial charge on any atom is -0.433 e. The van der Waals surface area contributed by atoms with Gasteiger partial charge < -0.3 is 14.0 Å². The minimum absolute atomic E-state index is 0.153. The van der Waals surface area contributed by atoms with E-state index in [-0.39, 0.29) is 11.9 Å². The number of aromatic nitrogens is 1. The lowest BCUT2D eigenvalue weighted by Crippen LogP contribution is -2.47. The number of methoxy groups -OCH3 is 1. The maximum absolute atomic E-state index is 13.3. The highest BCUT2D eigenvalue weighted by Gasteiger charge is 2.41. The fourth-order valence-corrected chi connectivity index (χ4v) is 5.86. The fourth-order valence-electron chi connectivity index (χ4n) is 5.86. The number of hydrogen-bond acceptors (Lipinski definition) is 4. The number of carbonyl (C=O) groups is 1. The molecule has 0 saturated heterocycles. The van der Waals surface area contributed by atoms with E-state index in [2.05, 4.69) is 60.8 Å². The van der Waals surface area contributed by atoms with Crippen LogP contribution in [0.5, 0.6) is 0 Å². The zero-order valence-electron chi connectivity index (χ0n) is 19.2. The van der Waals surface area contributed by atoms with Gasteiger partial charge >= 0.3 is 5.97 Å². The molecule has 2 aliphatic carbocycles. The maximum atomic E-state index is 13.3.